The number of nitrogens with zero attached hydrogens (tertiary/aromatic N) is 2. The Morgan fingerprint density at radius 2 is 1.47 bits per heavy atom. The zero-order valence-corrected chi connectivity index (χ0v) is 22.4. The highest BCUT2D eigenvalue weighted by atomic mass is 16.5. The van der Waals surface area contributed by atoms with Crippen LogP contribution in [0, 0.1) is 0 Å². The molecule has 188 valence electrons. The van der Waals surface area contributed by atoms with E-state index in [-0.39, 0.29) is 5.97 Å². The number of rotatable bonds is 8. The number of nitrogens with one attached hydrogen (secondary N) is 3. The Morgan fingerprint density at radius 3 is 1.75 bits per heavy atom. The van der Waals surface area contributed by atoms with Gasteiger partial charge in [-0.2, -0.15) is 0 Å². The zero-order chi connectivity index (χ0) is 24.9. The summed E-state index contributed by atoms with van der Waals surface area (Å²) < 4.78 is 4.40. The molecule has 2 heterocycles. The van der Waals surface area contributed by atoms with E-state index in [9.17, 15) is 4.79 Å². The van der Waals surface area contributed by atoms with E-state index < -0.39 is 0 Å². The second-order valence-electron chi connectivity index (χ2n) is 8.93. The molecule has 1 fully saturated rings. The lowest BCUT2D eigenvalue weighted by atomic mass is 10.2. The molecule has 1 saturated heterocycles. The molecule has 0 saturated carbocycles. The van der Waals surface area contributed by atoms with Gasteiger partial charge in [-0.15, -0.1) is 0 Å². The number of carbonyl (C=O) groups is 1. The van der Waals surface area contributed by atoms with Gasteiger partial charge in [0, 0.05) is 43.1 Å². The summed E-state index contributed by atoms with van der Waals surface area (Å²) in [6.45, 7) is 20.8. The van der Waals surface area contributed by atoms with Gasteiger partial charge in [0.1, 0.15) is 0 Å². The number of likely N-dealkylation sites (tertiary alicyclic amines) is 1. The Bertz CT molecular complexity index is 532. The monoisotopic (exact) mass is 453 g/mol. The lowest BCUT2D eigenvalue weighted by Crippen LogP contribution is -2.41. The van der Waals surface area contributed by atoms with Crippen molar-refractivity contribution in [3.63, 3.8) is 0 Å². The summed E-state index contributed by atoms with van der Waals surface area (Å²) in [5.41, 5.74) is 1.29. The van der Waals surface area contributed by atoms with Crippen LogP contribution < -0.4 is 16.0 Å². The molecule has 1 aromatic heterocycles. The molecule has 7 nitrogen and oxygen atoms in total. The third kappa shape index (κ3) is 23.1. The third-order valence-electron chi connectivity index (χ3n) is 4.54. The topological polar surface area (TPSA) is 78.5 Å². The quantitative estimate of drug-likeness (QED) is 0.520. The van der Waals surface area contributed by atoms with Gasteiger partial charge in [-0.3, -0.25) is 9.78 Å². The van der Waals surface area contributed by atoms with Gasteiger partial charge in [0.2, 0.25) is 0 Å². The SMILES string of the molecule is CC(C)N1CCC1.CC(C)NCc1ccncc1.CNC(C)C.COC(=O)CNC(C)C. The van der Waals surface area contributed by atoms with Gasteiger partial charge < -0.3 is 25.6 Å². The Labute approximate surface area is 198 Å². The first-order chi connectivity index (χ1) is 15.0. The van der Waals surface area contributed by atoms with Gasteiger partial charge in [-0.05, 0) is 58.1 Å². The van der Waals surface area contributed by atoms with Crippen molar-refractivity contribution in [3.8, 4) is 0 Å². The van der Waals surface area contributed by atoms with E-state index in [4.69, 9.17) is 0 Å². The first kappa shape index (κ1) is 32.6. The minimum absolute atomic E-state index is 0.219. The van der Waals surface area contributed by atoms with Gasteiger partial charge in [-0.25, -0.2) is 0 Å². The van der Waals surface area contributed by atoms with Crippen LogP contribution in [0.5, 0.6) is 0 Å². The van der Waals surface area contributed by atoms with Crippen LogP contribution in [-0.2, 0) is 16.1 Å². The summed E-state index contributed by atoms with van der Waals surface area (Å²) in [7, 11) is 3.33. The van der Waals surface area contributed by atoms with Gasteiger partial charge >= 0.3 is 5.97 Å². The molecule has 32 heavy (non-hydrogen) atoms. The number of hydrogen-bond acceptors (Lipinski definition) is 7. The highest BCUT2D eigenvalue weighted by Crippen LogP contribution is 2.08. The van der Waals surface area contributed by atoms with Crippen molar-refractivity contribution in [1.29, 1.82) is 0 Å². The lowest BCUT2D eigenvalue weighted by Gasteiger charge is -2.34. The molecule has 3 N–H and O–H groups in total. The maximum absolute atomic E-state index is 10.4. The molecule has 0 unspecified atom stereocenters. The summed E-state index contributed by atoms with van der Waals surface area (Å²) in [5, 5.41) is 9.28. The first-order valence-electron chi connectivity index (χ1n) is 11.9. The van der Waals surface area contributed by atoms with Crippen molar-refractivity contribution >= 4 is 5.97 Å². The minimum Gasteiger partial charge on any atom is -0.468 e. The van der Waals surface area contributed by atoms with E-state index in [2.05, 4.69) is 72.1 Å². The molecule has 0 aromatic carbocycles. The summed E-state index contributed by atoms with van der Waals surface area (Å²) in [5.74, 6) is -0.219. The van der Waals surface area contributed by atoms with Crippen molar-refractivity contribution in [3.05, 3.63) is 30.1 Å². The van der Waals surface area contributed by atoms with E-state index in [1.807, 2.05) is 45.4 Å². The van der Waals surface area contributed by atoms with Crippen LogP contribution in [0.2, 0.25) is 0 Å². The molecule has 0 amide bonds. The van der Waals surface area contributed by atoms with E-state index in [1.165, 1.54) is 32.2 Å². The maximum Gasteiger partial charge on any atom is 0.319 e. The summed E-state index contributed by atoms with van der Waals surface area (Å²) in [6, 6.07) is 6.35. The van der Waals surface area contributed by atoms with Gasteiger partial charge in [0.05, 0.1) is 13.7 Å². The number of pyridine rings is 1. The normalized spacial score (nSPS) is 12.8. The number of ether oxygens (including phenoxy) is 1. The summed E-state index contributed by atoms with van der Waals surface area (Å²) in [6.07, 6.45) is 5.05. The first-order valence-corrected chi connectivity index (χ1v) is 11.9. The Morgan fingerprint density at radius 1 is 0.969 bits per heavy atom. The van der Waals surface area contributed by atoms with Crippen molar-refractivity contribution in [2.75, 3.05) is 33.8 Å². The van der Waals surface area contributed by atoms with Crippen LogP contribution in [0.1, 0.15) is 67.4 Å². The fraction of sp³-hybridized carbons (Fsp3) is 0.760. The molecule has 0 spiro atoms. The number of aromatic nitrogens is 1. The standard InChI is InChI=1S/C9H14N2.C6H13NO2.C6H13N.C4H11N/c1-8(2)11-7-9-3-5-10-6-4-9;1-5(2)7-4-6(8)9-3;1-6(2)7-4-3-5-7;1-4(2)5-3/h3-6,8,11H,7H2,1-2H3;5,7H,4H2,1-3H3;6H,3-5H2,1-2H3;4-5H,1-3H3. The molecule has 0 atom stereocenters. The van der Waals surface area contributed by atoms with Crippen LogP contribution in [0.15, 0.2) is 24.5 Å². The van der Waals surface area contributed by atoms with E-state index in [1.54, 1.807) is 0 Å². The fourth-order valence-electron chi connectivity index (χ4n) is 2.04. The average molecular weight is 454 g/mol. The van der Waals surface area contributed by atoms with Crippen LogP contribution in [-0.4, -0.2) is 73.8 Å². The highest BCUT2D eigenvalue weighted by Gasteiger charge is 2.15. The molecule has 7 heteroatoms. The minimum atomic E-state index is -0.219. The van der Waals surface area contributed by atoms with Crippen molar-refractivity contribution in [1.82, 2.24) is 25.8 Å². The van der Waals surface area contributed by atoms with Crippen molar-refractivity contribution in [2.24, 2.45) is 0 Å². The van der Waals surface area contributed by atoms with Gasteiger partial charge in [0.15, 0.2) is 0 Å². The largest absolute Gasteiger partial charge is 0.468 e. The van der Waals surface area contributed by atoms with Crippen LogP contribution in [0.25, 0.3) is 0 Å². The molecule has 0 bridgehead atoms. The number of hydrogen-bond donors (Lipinski definition) is 3. The number of methoxy groups -OCH3 is 1. The maximum atomic E-state index is 10.4. The second kappa shape index (κ2) is 21.3. The lowest BCUT2D eigenvalue weighted by molar-refractivity contribution is -0.139. The molecular formula is C25H51N5O2. The number of carbonyl (C=O) groups excluding carboxylic acids is 1. The molecule has 0 radical (unpaired) electrons. The van der Waals surface area contributed by atoms with Gasteiger partial charge in [-0.1, -0.05) is 41.5 Å². The van der Waals surface area contributed by atoms with E-state index in [0.717, 1.165) is 12.6 Å². The van der Waals surface area contributed by atoms with Gasteiger partial charge in [0.25, 0.3) is 0 Å². The number of esters is 1. The molecule has 1 aromatic rings. The Balaban J connectivity index is 0. The van der Waals surface area contributed by atoms with E-state index >= 15 is 0 Å². The van der Waals surface area contributed by atoms with Crippen LogP contribution in [0.4, 0.5) is 0 Å². The molecular weight excluding hydrogens is 402 g/mol. The van der Waals surface area contributed by atoms with Crippen LogP contribution in [0.3, 0.4) is 0 Å². The van der Waals surface area contributed by atoms with Crippen molar-refractivity contribution < 1.29 is 9.53 Å². The molecule has 1 aliphatic rings. The smallest absolute Gasteiger partial charge is 0.319 e. The average Bonchev–Trinajstić information content (AvgIpc) is 2.71. The third-order valence-corrected chi connectivity index (χ3v) is 4.54. The van der Waals surface area contributed by atoms with Crippen LogP contribution >= 0.6 is 0 Å². The zero-order valence-electron chi connectivity index (χ0n) is 22.4. The highest BCUT2D eigenvalue weighted by molar-refractivity contribution is 5.71. The fourth-order valence-corrected chi connectivity index (χ4v) is 2.04. The molecule has 1 aliphatic heterocycles. The Hall–Kier alpha value is -1.54. The molecule has 0 aliphatic carbocycles. The predicted molar refractivity (Wildman–Crippen MR) is 137 cm³/mol. The Kier molecular flexibility index (Phi) is 21.7. The molecule has 2 rings (SSSR count). The van der Waals surface area contributed by atoms with E-state index in [0.29, 0.717) is 24.7 Å². The summed E-state index contributed by atoms with van der Waals surface area (Å²) >= 11 is 0. The predicted octanol–water partition coefficient (Wildman–Crippen LogP) is 3.45. The summed E-state index contributed by atoms with van der Waals surface area (Å²) in [4.78, 5) is 16.8. The second-order valence-corrected chi connectivity index (χ2v) is 8.93. The van der Waals surface area contributed by atoms with Crippen molar-refractivity contribution in [2.45, 2.75) is 92.5 Å².